The van der Waals surface area contributed by atoms with Crippen molar-refractivity contribution in [3.8, 4) is 0 Å². The molecule has 1 fully saturated rings. The number of fused-ring (bicyclic) bond motifs is 1. The van der Waals surface area contributed by atoms with E-state index >= 15 is 0 Å². The largest absolute Gasteiger partial charge is 0.367 e. The molecular formula is C15H22ClN3. The molecule has 3 rings (SSSR count). The predicted molar refractivity (Wildman–Crippen MR) is 78.7 cm³/mol. The lowest BCUT2D eigenvalue weighted by Gasteiger charge is -2.31. The van der Waals surface area contributed by atoms with E-state index in [0.717, 1.165) is 30.3 Å². The highest BCUT2D eigenvalue weighted by molar-refractivity contribution is 6.28. The average molecular weight is 280 g/mol. The summed E-state index contributed by atoms with van der Waals surface area (Å²) in [7, 11) is 0. The van der Waals surface area contributed by atoms with E-state index in [1.807, 2.05) is 0 Å². The molecule has 0 aromatic carbocycles. The van der Waals surface area contributed by atoms with Crippen LogP contribution in [-0.4, -0.2) is 16.0 Å². The second kappa shape index (κ2) is 5.66. The molecule has 1 saturated carbocycles. The quantitative estimate of drug-likeness (QED) is 0.832. The van der Waals surface area contributed by atoms with Crippen molar-refractivity contribution < 1.29 is 0 Å². The summed E-state index contributed by atoms with van der Waals surface area (Å²) in [6, 6.07) is 0.547. The molecule has 0 bridgehead atoms. The number of nitrogens with one attached hydrogen (secondary N) is 1. The van der Waals surface area contributed by atoms with Gasteiger partial charge in [-0.25, -0.2) is 9.97 Å². The monoisotopic (exact) mass is 279 g/mol. The standard InChI is InChI=1S/C15H22ClN3/c1-10-6-2-4-8-12(10)17-14-11-7-3-5-9-13(11)18-15(16)19-14/h10,12H,2-9H2,1H3,(H,17,18,19). The second-order valence-corrected chi connectivity index (χ2v) is 6.32. The molecule has 2 aliphatic rings. The summed E-state index contributed by atoms with van der Waals surface area (Å²) >= 11 is 6.07. The lowest BCUT2D eigenvalue weighted by atomic mass is 9.85. The van der Waals surface area contributed by atoms with Crippen LogP contribution in [0, 0.1) is 5.92 Å². The van der Waals surface area contributed by atoms with Gasteiger partial charge in [-0.3, -0.25) is 0 Å². The molecule has 4 heteroatoms. The predicted octanol–water partition coefficient (Wildman–Crippen LogP) is 4.00. The summed E-state index contributed by atoms with van der Waals surface area (Å²) in [4.78, 5) is 8.86. The maximum absolute atomic E-state index is 6.07. The molecule has 0 saturated heterocycles. The zero-order valence-corrected chi connectivity index (χ0v) is 12.3. The lowest BCUT2D eigenvalue weighted by Crippen LogP contribution is -2.31. The van der Waals surface area contributed by atoms with Crippen molar-refractivity contribution in [3.63, 3.8) is 0 Å². The van der Waals surface area contributed by atoms with Gasteiger partial charge >= 0.3 is 0 Å². The minimum atomic E-state index is 0.395. The van der Waals surface area contributed by atoms with Crippen LogP contribution in [0.2, 0.25) is 5.28 Å². The molecule has 2 atom stereocenters. The van der Waals surface area contributed by atoms with Crippen molar-refractivity contribution in [2.45, 2.75) is 64.3 Å². The first-order chi connectivity index (χ1) is 9.24. The number of nitrogens with zero attached hydrogens (tertiary/aromatic N) is 2. The van der Waals surface area contributed by atoms with Crippen molar-refractivity contribution >= 4 is 17.4 Å². The average Bonchev–Trinajstić information content (AvgIpc) is 2.41. The smallest absolute Gasteiger partial charge is 0.224 e. The van der Waals surface area contributed by atoms with Crippen molar-refractivity contribution in [1.82, 2.24) is 9.97 Å². The number of rotatable bonds is 2. The molecule has 0 radical (unpaired) electrons. The van der Waals surface area contributed by atoms with Crippen LogP contribution in [0.25, 0.3) is 0 Å². The Bertz CT molecular complexity index is 461. The highest BCUT2D eigenvalue weighted by Crippen LogP contribution is 2.31. The zero-order valence-electron chi connectivity index (χ0n) is 11.6. The van der Waals surface area contributed by atoms with Gasteiger partial charge in [0, 0.05) is 11.6 Å². The van der Waals surface area contributed by atoms with E-state index in [9.17, 15) is 0 Å². The van der Waals surface area contributed by atoms with Gasteiger partial charge in [-0.2, -0.15) is 0 Å². The number of anilines is 1. The minimum absolute atomic E-state index is 0.395. The number of hydrogen-bond acceptors (Lipinski definition) is 3. The van der Waals surface area contributed by atoms with E-state index in [0.29, 0.717) is 11.3 Å². The molecule has 19 heavy (non-hydrogen) atoms. The van der Waals surface area contributed by atoms with Gasteiger partial charge in [0.1, 0.15) is 5.82 Å². The molecule has 0 spiro atoms. The molecular weight excluding hydrogens is 258 g/mol. The Kier molecular flexibility index (Phi) is 3.92. The van der Waals surface area contributed by atoms with Crippen LogP contribution in [0.15, 0.2) is 0 Å². The Hall–Kier alpha value is -0.830. The summed E-state index contributed by atoms with van der Waals surface area (Å²) in [6.07, 6.45) is 9.86. The SMILES string of the molecule is CC1CCCCC1Nc1nc(Cl)nc2c1CCCC2. The summed E-state index contributed by atoms with van der Waals surface area (Å²) in [5.41, 5.74) is 2.48. The molecule has 2 aliphatic carbocycles. The summed E-state index contributed by atoms with van der Waals surface area (Å²) in [5.74, 6) is 1.73. The van der Waals surface area contributed by atoms with Crippen LogP contribution in [0.4, 0.5) is 5.82 Å². The van der Waals surface area contributed by atoms with Crippen LogP contribution < -0.4 is 5.32 Å². The van der Waals surface area contributed by atoms with Crippen molar-refractivity contribution in [1.29, 1.82) is 0 Å². The highest BCUT2D eigenvalue weighted by atomic mass is 35.5. The van der Waals surface area contributed by atoms with Gasteiger partial charge in [0.25, 0.3) is 0 Å². The normalized spacial score (nSPS) is 26.8. The topological polar surface area (TPSA) is 37.8 Å². The van der Waals surface area contributed by atoms with E-state index < -0.39 is 0 Å². The Morgan fingerprint density at radius 1 is 1.05 bits per heavy atom. The lowest BCUT2D eigenvalue weighted by molar-refractivity contribution is 0.348. The number of aryl methyl sites for hydroxylation is 1. The molecule has 0 aliphatic heterocycles. The van der Waals surface area contributed by atoms with E-state index in [-0.39, 0.29) is 0 Å². The van der Waals surface area contributed by atoms with Gasteiger partial charge in [-0.15, -0.1) is 0 Å². The fourth-order valence-electron chi connectivity index (χ4n) is 3.39. The fraction of sp³-hybridized carbons (Fsp3) is 0.733. The van der Waals surface area contributed by atoms with Crippen LogP contribution in [0.3, 0.4) is 0 Å². The molecule has 0 amide bonds. The molecule has 3 nitrogen and oxygen atoms in total. The van der Waals surface area contributed by atoms with E-state index in [4.69, 9.17) is 11.6 Å². The van der Waals surface area contributed by atoms with Gasteiger partial charge in [-0.05, 0) is 56.0 Å². The Morgan fingerprint density at radius 3 is 2.68 bits per heavy atom. The maximum atomic E-state index is 6.07. The van der Waals surface area contributed by atoms with Gasteiger partial charge < -0.3 is 5.32 Å². The Morgan fingerprint density at radius 2 is 1.84 bits per heavy atom. The summed E-state index contributed by atoms with van der Waals surface area (Å²) in [6.45, 7) is 2.34. The molecule has 1 aromatic rings. The third-order valence-corrected chi connectivity index (χ3v) is 4.76. The minimum Gasteiger partial charge on any atom is -0.367 e. The number of halogens is 1. The van der Waals surface area contributed by atoms with Crippen molar-refractivity contribution in [3.05, 3.63) is 16.5 Å². The van der Waals surface area contributed by atoms with Crippen molar-refractivity contribution in [2.24, 2.45) is 5.92 Å². The van der Waals surface area contributed by atoms with Crippen LogP contribution >= 0.6 is 11.6 Å². The highest BCUT2D eigenvalue weighted by Gasteiger charge is 2.24. The molecule has 1 aromatic heterocycles. The van der Waals surface area contributed by atoms with Gasteiger partial charge in [0.05, 0.1) is 5.69 Å². The zero-order chi connectivity index (χ0) is 13.2. The van der Waals surface area contributed by atoms with E-state index in [1.54, 1.807) is 0 Å². The first kappa shape index (κ1) is 13.2. The van der Waals surface area contributed by atoms with Crippen LogP contribution in [0.1, 0.15) is 56.7 Å². The van der Waals surface area contributed by atoms with Crippen molar-refractivity contribution in [2.75, 3.05) is 5.32 Å². The molecule has 104 valence electrons. The van der Waals surface area contributed by atoms with Crippen LogP contribution in [-0.2, 0) is 12.8 Å². The van der Waals surface area contributed by atoms with Gasteiger partial charge in [0.15, 0.2) is 0 Å². The second-order valence-electron chi connectivity index (χ2n) is 5.99. The van der Waals surface area contributed by atoms with E-state index in [1.165, 1.54) is 44.1 Å². The summed E-state index contributed by atoms with van der Waals surface area (Å²) in [5, 5.41) is 4.06. The maximum Gasteiger partial charge on any atom is 0.224 e. The fourth-order valence-corrected chi connectivity index (χ4v) is 3.58. The number of aromatic nitrogens is 2. The molecule has 1 N–H and O–H groups in total. The Balaban J connectivity index is 1.85. The van der Waals surface area contributed by atoms with Crippen LogP contribution in [0.5, 0.6) is 0 Å². The first-order valence-electron chi connectivity index (χ1n) is 7.56. The third-order valence-electron chi connectivity index (χ3n) is 4.59. The number of hydrogen-bond donors (Lipinski definition) is 1. The first-order valence-corrected chi connectivity index (χ1v) is 7.93. The Labute approximate surface area is 120 Å². The van der Waals surface area contributed by atoms with Gasteiger partial charge in [0.2, 0.25) is 5.28 Å². The molecule has 2 unspecified atom stereocenters. The van der Waals surface area contributed by atoms with E-state index in [2.05, 4.69) is 22.2 Å². The molecule has 1 heterocycles. The summed E-state index contributed by atoms with van der Waals surface area (Å²) < 4.78 is 0. The third kappa shape index (κ3) is 2.86. The van der Waals surface area contributed by atoms with Gasteiger partial charge in [-0.1, -0.05) is 19.8 Å².